The summed E-state index contributed by atoms with van der Waals surface area (Å²) in [4.78, 5) is 0. The van der Waals surface area contributed by atoms with E-state index in [0.717, 1.165) is 51.3 Å². The van der Waals surface area contributed by atoms with Gasteiger partial charge in [-0.05, 0) is 62.8 Å². The van der Waals surface area contributed by atoms with Crippen molar-refractivity contribution in [1.82, 2.24) is 5.32 Å². The second kappa shape index (κ2) is 8.44. The van der Waals surface area contributed by atoms with Gasteiger partial charge in [-0.2, -0.15) is 0 Å². The lowest BCUT2D eigenvalue weighted by atomic mass is 9.97. The van der Waals surface area contributed by atoms with Crippen LogP contribution in [0.15, 0.2) is 18.2 Å². The van der Waals surface area contributed by atoms with Crippen LogP contribution in [0.5, 0.6) is 0 Å². The average molecular weight is 297 g/mol. The Morgan fingerprint density at radius 3 is 2.62 bits per heavy atom. The van der Waals surface area contributed by atoms with E-state index < -0.39 is 11.6 Å². The zero-order valence-corrected chi connectivity index (χ0v) is 12.7. The molecule has 0 aromatic heterocycles. The topological polar surface area (TPSA) is 21.3 Å². The van der Waals surface area contributed by atoms with Gasteiger partial charge in [-0.3, -0.25) is 0 Å². The molecule has 118 valence electrons. The highest BCUT2D eigenvalue weighted by molar-refractivity contribution is 5.21. The molecule has 1 aliphatic rings. The number of nitrogens with one attached hydrogen (secondary N) is 1. The highest BCUT2D eigenvalue weighted by atomic mass is 19.1. The standard InChI is InChI=1S/C17H25F2NO/c1-2-8-20-17(7-6-16-5-3-4-9-21-16)13-10-14(18)12-15(19)11-13/h10-12,16-17,20H,2-9H2,1H3. The Kier molecular flexibility index (Phi) is 6.58. The third kappa shape index (κ3) is 5.36. The fourth-order valence-corrected chi connectivity index (χ4v) is 2.87. The third-order valence-electron chi connectivity index (χ3n) is 3.98. The van der Waals surface area contributed by atoms with Crippen molar-refractivity contribution in [3.05, 3.63) is 35.4 Å². The van der Waals surface area contributed by atoms with Crippen molar-refractivity contribution in [2.75, 3.05) is 13.2 Å². The summed E-state index contributed by atoms with van der Waals surface area (Å²) in [5, 5.41) is 3.39. The van der Waals surface area contributed by atoms with Crippen molar-refractivity contribution < 1.29 is 13.5 Å². The summed E-state index contributed by atoms with van der Waals surface area (Å²) in [5.41, 5.74) is 0.691. The lowest BCUT2D eigenvalue weighted by molar-refractivity contribution is 0.00854. The lowest BCUT2D eigenvalue weighted by Gasteiger charge is -2.25. The predicted octanol–water partition coefficient (Wildman–Crippen LogP) is 4.35. The molecular weight excluding hydrogens is 272 g/mol. The molecule has 1 fully saturated rings. The fourth-order valence-electron chi connectivity index (χ4n) is 2.87. The predicted molar refractivity (Wildman–Crippen MR) is 80.2 cm³/mol. The molecule has 1 N–H and O–H groups in total. The van der Waals surface area contributed by atoms with E-state index in [2.05, 4.69) is 12.2 Å². The van der Waals surface area contributed by atoms with E-state index in [9.17, 15) is 8.78 Å². The second-order valence-corrected chi connectivity index (χ2v) is 5.78. The van der Waals surface area contributed by atoms with Gasteiger partial charge in [-0.15, -0.1) is 0 Å². The highest BCUT2D eigenvalue weighted by Gasteiger charge is 2.18. The van der Waals surface area contributed by atoms with Crippen LogP contribution in [-0.4, -0.2) is 19.3 Å². The molecule has 1 heterocycles. The molecule has 1 saturated heterocycles. The maximum Gasteiger partial charge on any atom is 0.126 e. The molecule has 1 aromatic carbocycles. The van der Waals surface area contributed by atoms with Crippen LogP contribution in [0.4, 0.5) is 8.78 Å². The normalized spacial score (nSPS) is 20.4. The Hall–Kier alpha value is -1.00. The van der Waals surface area contributed by atoms with E-state index in [1.54, 1.807) is 0 Å². The molecule has 2 atom stereocenters. The molecule has 0 amide bonds. The Balaban J connectivity index is 1.98. The Labute approximate surface area is 125 Å². The second-order valence-electron chi connectivity index (χ2n) is 5.78. The number of benzene rings is 1. The zero-order valence-electron chi connectivity index (χ0n) is 12.7. The minimum absolute atomic E-state index is 0.0133. The summed E-state index contributed by atoms with van der Waals surface area (Å²) in [5.74, 6) is -1.02. The van der Waals surface area contributed by atoms with Crippen LogP contribution in [0.3, 0.4) is 0 Å². The van der Waals surface area contributed by atoms with Crippen LogP contribution >= 0.6 is 0 Å². The molecule has 0 aliphatic carbocycles. The van der Waals surface area contributed by atoms with Gasteiger partial charge in [-0.25, -0.2) is 8.78 Å². The number of hydrogen-bond donors (Lipinski definition) is 1. The first-order valence-electron chi connectivity index (χ1n) is 8.00. The molecule has 1 aromatic rings. The molecule has 2 nitrogen and oxygen atoms in total. The summed E-state index contributed by atoms with van der Waals surface area (Å²) in [6, 6.07) is 3.77. The van der Waals surface area contributed by atoms with E-state index in [0.29, 0.717) is 11.7 Å². The van der Waals surface area contributed by atoms with Crippen molar-refractivity contribution >= 4 is 0 Å². The molecule has 4 heteroatoms. The molecule has 2 rings (SSSR count). The highest BCUT2D eigenvalue weighted by Crippen LogP contribution is 2.25. The summed E-state index contributed by atoms with van der Waals surface area (Å²) in [6.07, 6.45) is 6.51. The quantitative estimate of drug-likeness (QED) is 0.807. The largest absolute Gasteiger partial charge is 0.378 e. The molecule has 1 aliphatic heterocycles. The van der Waals surface area contributed by atoms with E-state index >= 15 is 0 Å². The monoisotopic (exact) mass is 297 g/mol. The van der Waals surface area contributed by atoms with E-state index in [1.807, 2.05) is 0 Å². The number of ether oxygens (including phenoxy) is 1. The summed E-state index contributed by atoms with van der Waals surface area (Å²) < 4.78 is 32.6. The Bertz CT molecular complexity index is 413. The molecule has 0 saturated carbocycles. The van der Waals surface area contributed by atoms with Gasteiger partial charge < -0.3 is 10.1 Å². The smallest absolute Gasteiger partial charge is 0.126 e. The van der Waals surface area contributed by atoms with Crippen molar-refractivity contribution in [2.45, 2.75) is 57.6 Å². The summed E-state index contributed by atoms with van der Waals surface area (Å²) in [6.45, 7) is 3.76. The van der Waals surface area contributed by atoms with Crippen LogP contribution in [0.2, 0.25) is 0 Å². The van der Waals surface area contributed by atoms with Gasteiger partial charge in [0, 0.05) is 18.7 Å². The van der Waals surface area contributed by atoms with Crippen molar-refractivity contribution in [1.29, 1.82) is 0 Å². The van der Waals surface area contributed by atoms with Gasteiger partial charge in [0.05, 0.1) is 6.10 Å². The Morgan fingerprint density at radius 1 is 1.24 bits per heavy atom. The first-order chi connectivity index (χ1) is 10.2. The molecule has 0 spiro atoms. The van der Waals surface area contributed by atoms with Gasteiger partial charge in [0.2, 0.25) is 0 Å². The van der Waals surface area contributed by atoms with Crippen LogP contribution in [0.25, 0.3) is 0 Å². The first kappa shape index (κ1) is 16.4. The van der Waals surface area contributed by atoms with Crippen LogP contribution in [0, 0.1) is 11.6 Å². The van der Waals surface area contributed by atoms with Gasteiger partial charge in [0.25, 0.3) is 0 Å². The van der Waals surface area contributed by atoms with Crippen LogP contribution in [0.1, 0.15) is 57.1 Å². The average Bonchev–Trinajstić information content (AvgIpc) is 2.47. The molecule has 0 bridgehead atoms. The van der Waals surface area contributed by atoms with E-state index in [-0.39, 0.29) is 6.04 Å². The first-order valence-corrected chi connectivity index (χ1v) is 8.00. The van der Waals surface area contributed by atoms with Gasteiger partial charge in [0.15, 0.2) is 0 Å². The van der Waals surface area contributed by atoms with E-state index in [4.69, 9.17) is 4.74 Å². The number of rotatable bonds is 7. The van der Waals surface area contributed by atoms with Gasteiger partial charge in [-0.1, -0.05) is 6.92 Å². The third-order valence-corrected chi connectivity index (χ3v) is 3.98. The Morgan fingerprint density at radius 2 is 2.00 bits per heavy atom. The van der Waals surface area contributed by atoms with Crippen molar-refractivity contribution in [3.8, 4) is 0 Å². The lowest BCUT2D eigenvalue weighted by Crippen LogP contribution is -2.25. The molecular formula is C17H25F2NO. The zero-order chi connectivity index (χ0) is 15.1. The summed E-state index contributed by atoms with van der Waals surface area (Å²) in [7, 11) is 0. The SMILES string of the molecule is CCCNC(CCC1CCCCO1)c1cc(F)cc(F)c1. The fraction of sp³-hybridized carbons (Fsp3) is 0.647. The van der Waals surface area contributed by atoms with E-state index in [1.165, 1.54) is 18.6 Å². The number of hydrogen-bond acceptors (Lipinski definition) is 2. The van der Waals surface area contributed by atoms with Crippen molar-refractivity contribution in [2.24, 2.45) is 0 Å². The number of halogens is 2. The summed E-state index contributed by atoms with van der Waals surface area (Å²) >= 11 is 0. The van der Waals surface area contributed by atoms with Gasteiger partial charge >= 0.3 is 0 Å². The van der Waals surface area contributed by atoms with Crippen molar-refractivity contribution in [3.63, 3.8) is 0 Å². The minimum Gasteiger partial charge on any atom is -0.378 e. The van der Waals surface area contributed by atoms with Gasteiger partial charge in [0.1, 0.15) is 11.6 Å². The molecule has 0 radical (unpaired) electrons. The molecule has 2 unspecified atom stereocenters. The van der Waals surface area contributed by atoms with Crippen LogP contribution in [-0.2, 0) is 4.74 Å². The minimum atomic E-state index is -0.512. The maximum atomic E-state index is 13.4. The van der Waals surface area contributed by atoms with Crippen LogP contribution < -0.4 is 5.32 Å². The molecule has 21 heavy (non-hydrogen) atoms. The maximum absolute atomic E-state index is 13.4.